The highest BCUT2D eigenvalue weighted by atomic mass is 16.8. The van der Waals surface area contributed by atoms with E-state index in [0.29, 0.717) is 16.7 Å². The molecule has 29 heavy (non-hydrogen) atoms. The van der Waals surface area contributed by atoms with Crippen LogP contribution in [0.25, 0.3) is 11.2 Å². The van der Waals surface area contributed by atoms with Crippen molar-refractivity contribution in [2.24, 2.45) is 0 Å². The van der Waals surface area contributed by atoms with E-state index in [4.69, 9.17) is 14.2 Å². The van der Waals surface area contributed by atoms with Crippen LogP contribution in [0, 0.1) is 0 Å². The van der Waals surface area contributed by atoms with Crippen molar-refractivity contribution in [3.8, 4) is 0 Å². The molecule has 2 aliphatic heterocycles. The number of fused-ring (bicyclic) bond motifs is 2. The van der Waals surface area contributed by atoms with Crippen LogP contribution in [0.5, 0.6) is 0 Å². The fourth-order valence-corrected chi connectivity index (χ4v) is 3.96. The number of hydrogen-bond donors (Lipinski definition) is 1. The molecule has 0 radical (unpaired) electrons. The van der Waals surface area contributed by atoms with Gasteiger partial charge in [-0.25, -0.2) is 15.0 Å². The quantitative estimate of drug-likeness (QED) is 0.661. The number of aliphatic hydroxyl groups excluding tert-OH is 1. The van der Waals surface area contributed by atoms with E-state index in [9.17, 15) is 9.90 Å². The van der Waals surface area contributed by atoms with Gasteiger partial charge in [0.15, 0.2) is 17.7 Å². The van der Waals surface area contributed by atoms with Gasteiger partial charge in [-0.05, 0) is 13.8 Å². The molecule has 9 heteroatoms. The van der Waals surface area contributed by atoms with Crippen LogP contribution in [0.3, 0.4) is 0 Å². The van der Waals surface area contributed by atoms with Crippen molar-refractivity contribution in [3.05, 3.63) is 54.2 Å². The zero-order valence-electron chi connectivity index (χ0n) is 15.9. The number of benzene rings is 1. The van der Waals surface area contributed by atoms with Crippen molar-refractivity contribution in [2.75, 3.05) is 6.61 Å². The second kappa shape index (κ2) is 6.67. The Bertz CT molecular complexity index is 1070. The molecule has 150 valence electrons. The molecule has 1 aromatic carbocycles. The summed E-state index contributed by atoms with van der Waals surface area (Å²) >= 11 is 0. The molecular formula is C20H20N4O5. The largest absolute Gasteiger partial charge is 0.394 e. The third-order valence-corrected chi connectivity index (χ3v) is 5.19. The number of aromatic nitrogens is 4. The first kappa shape index (κ1) is 18.3. The van der Waals surface area contributed by atoms with Gasteiger partial charge in [-0.15, -0.1) is 0 Å². The lowest BCUT2D eigenvalue weighted by Gasteiger charge is -2.24. The van der Waals surface area contributed by atoms with Gasteiger partial charge >= 0.3 is 0 Å². The van der Waals surface area contributed by atoms with E-state index in [1.54, 1.807) is 35.2 Å². The Morgan fingerprint density at radius 1 is 1.14 bits per heavy atom. The van der Waals surface area contributed by atoms with E-state index in [0.717, 1.165) is 0 Å². The summed E-state index contributed by atoms with van der Waals surface area (Å²) in [6, 6.07) is 8.90. The zero-order chi connectivity index (χ0) is 20.2. The van der Waals surface area contributed by atoms with Crippen molar-refractivity contribution in [1.29, 1.82) is 0 Å². The molecule has 0 spiro atoms. The van der Waals surface area contributed by atoms with Gasteiger partial charge in [0.05, 0.1) is 12.9 Å². The lowest BCUT2D eigenvalue weighted by Crippen LogP contribution is -2.31. The maximum absolute atomic E-state index is 12.9. The summed E-state index contributed by atoms with van der Waals surface area (Å²) in [4.78, 5) is 25.8. The molecule has 2 fully saturated rings. The summed E-state index contributed by atoms with van der Waals surface area (Å²) < 4.78 is 19.6. The first-order valence-corrected chi connectivity index (χ1v) is 9.38. The number of carbonyl (C=O) groups excluding carboxylic acids is 1. The molecular weight excluding hydrogens is 376 g/mol. The summed E-state index contributed by atoms with van der Waals surface area (Å²) in [5.74, 6) is -1.02. The fourth-order valence-electron chi connectivity index (χ4n) is 3.96. The average Bonchev–Trinajstić information content (AvgIpc) is 3.38. The molecule has 2 aliphatic rings. The predicted molar refractivity (Wildman–Crippen MR) is 100 cm³/mol. The van der Waals surface area contributed by atoms with Crippen LogP contribution < -0.4 is 0 Å². The minimum Gasteiger partial charge on any atom is -0.394 e. The first-order chi connectivity index (χ1) is 14.0. The lowest BCUT2D eigenvalue weighted by molar-refractivity contribution is -0.199. The van der Waals surface area contributed by atoms with Gasteiger partial charge in [0.25, 0.3) is 0 Å². The fraction of sp³-hybridized carbons (Fsp3) is 0.400. The maximum atomic E-state index is 12.9. The monoisotopic (exact) mass is 396 g/mol. The van der Waals surface area contributed by atoms with E-state index in [1.165, 1.54) is 6.33 Å². The minimum atomic E-state index is -0.787. The van der Waals surface area contributed by atoms with E-state index in [2.05, 4.69) is 15.0 Å². The summed E-state index contributed by atoms with van der Waals surface area (Å²) in [6.07, 6.45) is 0.905. The summed E-state index contributed by atoms with van der Waals surface area (Å²) in [5.41, 5.74) is 1.58. The third-order valence-electron chi connectivity index (χ3n) is 5.19. The van der Waals surface area contributed by atoms with Crippen molar-refractivity contribution >= 4 is 16.9 Å². The number of ketones is 1. The van der Waals surface area contributed by atoms with Gasteiger partial charge in [-0.3, -0.25) is 9.36 Å². The molecule has 2 saturated heterocycles. The highest BCUT2D eigenvalue weighted by Crippen LogP contribution is 2.43. The number of carbonyl (C=O) groups is 1. The van der Waals surface area contributed by atoms with Crippen molar-refractivity contribution in [1.82, 2.24) is 19.5 Å². The Hall–Kier alpha value is -2.72. The molecule has 2 aromatic heterocycles. The second-order valence-corrected chi connectivity index (χ2v) is 7.55. The lowest BCUT2D eigenvalue weighted by atomic mass is 10.1. The third kappa shape index (κ3) is 2.94. The summed E-state index contributed by atoms with van der Waals surface area (Å²) in [7, 11) is 0. The minimum absolute atomic E-state index is 0.198. The number of aliphatic hydroxyl groups is 1. The Kier molecular flexibility index (Phi) is 4.21. The van der Waals surface area contributed by atoms with Crippen molar-refractivity contribution in [3.63, 3.8) is 0 Å². The maximum Gasteiger partial charge on any atom is 0.213 e. The standard InChI is InChI=1S/C20H20N4O5/c1-20(2)28-16-12(8-25)27-19(17(16)29-20)24-10-23-14-13(21-9-22-18(14)24)15(26)11-6-4-3-5-7-11/h3-7,9-10,12,16-17,19,25H,8H2,1-2H3/t12-,16-,17-,19-/m1/s1. The molecule has 0 aliphatic carbocycles. The number of imidazole rings is 1. The molecule has 3 aromatic rings. The smallest absolute Gasteiger partial charge is 0.213 e. The second-order valence-electron chi connectivity index (χ2n) is 7.55. The van der Waals surface area contributed by atoms with Gasteiger partial charge in [0.1, 0.15) is 35.8 Å². The van der Waals surface area contributed by atoms with Crippen LogP contribution in [-0.4, -0.2) is 61.1 Å². The number of nitrogens with zero attached hydrogens (tertiary/aromatic N) is 4. The molecule has 0 amide bonds. The van der Waals surface area contributed by atoms with Crippen LogP contribution in [0.1, 0.15) is 36.1 Å². The number of hydrogen-bond acceptors (Lipinski definition) is 8. The van der Waals surface area contributed by atoms with Gasteiger partial charge in [0.2, 0.25) is 5.78 Å². The molecule has 1 N–H and O–H groups in total. The van der Waals surface area contributed by atoms with Crippen molar-refractivity contribution < 1.29 is 24.1 Å². The average molecular weight is 396 g/mol. The summed E-state index contributed by atoms with van der Waals surface area (Å²) in [6.45, 7) is 3.44. The highest BCUT2D eigenvalue weighted by molar-refractivity contribution is 6.13. The van der Waals surface area contributed by atoms with Crippen LogP contribution in [0.15, 0.2) is 43.0 Å². The molecule has 0 bridgehead atoms. The normalized spacial score (nSPS) is 28.0. The Morgan fingerprint density at radius 2 is 1.90 bits per heavy atom. The molecule has 9 nitrogen and oxygen atoms in total. The SMILES string of the molecule is CC1(C)O[C@@H]2[C@H](O1)[C@@H](CO)O[C@H]2n1cnc2c(C(=O)c3ccccc3)ncnc21. The Morgan fingerprint density at radius 3 is 2.66 bits per heavy atom. The van der Waals surface area contributed by atoms with Crippen LogP contribution in [0.2, 0.25) is 0 Å². The Balaban J connectivity index is 1.55. The molecule has 5 rings (SSSR count). The van der Waals surface area contributed by atoms with Crippen LogP contribution in [0.4, 0.5) is 0 Å². The topological polar surface area (TPSA) is 109 Å². The number of rotatable bonds is 4. The summed E-state index contributed by atoms with van der Waals surface area (Å²) in [5, 5.41) is 9.70. The first-order valence-electron chi connectivity index (χ1n) is 9.38. The molecule has 4 atom stereocenters. The van der Waals surface area contributed by atoms with Gasteiger partial charge < -0.3 is 19.3 Å². The van der Waals surface area contributed by atoms with E-state index >= 15 is 0 Å². The predicted octanol–water partition coefficient (Wildman–Crippen LogP) is 1.47. The number of ether oxygens (including phenoxy) is 3. The molecule has 4 heterocycles. The van der Waals surface area contributed by atoms with E-state index in [1.807, 2.05) is 19.9 Å². The van der Waals surface area contributed by atoms with E-state index < -0.39 is 30.3 Å². The zero-order valence-corrected chi connectivity index (χ0v) is 15.9. The van der Waals surface area contributed by atoms with Crippen LogP contribution in [-0.2, 0) is 14.2 Å². The van der Waals surface area contributed by atoms with Gasteiger partial charge in [0, 0.05) is 5.56 Å². The van der Waals surface area contributed by atoms with Crippen molar-refractivity contribution in [2.45, 2.75) is 44.2 Å². The van der Waals surface area contributed by atoms with Gasteiger partial charge in [-0.2, -0.15) is 0 Å². The van der Waals surface area contributed by atoms with Gasteiger partial charge in [-0.1, -0.05) is 30.3 Å². The Labute approximate surface area is 166 Å². The van der Waals surface area contributed by atoms with E-state index in [-0.39, 0.29) is 18.1 Å². The van der Waals surface area contributed by atoms with Crippen LogP contribution >= 0.6 is 0 Å². The molecule has 0 unspecified atom stereocenters. The molecule has 0 saturated carbocycles. The highest BCUT2D eigenvalue weighted by Gasteiger charge is 2.56.